The molecule has 2 aromatic rings. The topological polar surface area (TPSA) is 28.7 Å². The lowest BCUT2D eigenvalue weighted by Crippen LogP contribution is -1.77. The number of nitrogens with one attached hydrogen (secondary N) is 1. The van der Waals surface area contributed by atoms with E-state index in [1.165, 1.54) is 16.5 Å². The zero-order valence-electron chi connectivity index (χ0n) is 8.54. The monoisotopic (exact) mass is 186 g/mol. The summed E-state index contributed by atoms with van der Waals surface area (Å²) in [6.45, 7) is 4.29. The molecule has 0 aliphatic rings. The minimum absolute atomic E-state index is 0.964. The molecule has 1 N–H and O–H groups in total. The van der Waals surface area contributed by atoms with Crippen LogP contribution >= 0.6 is 0 Å². The summed E-state index contributed by atoms with van der Waals surface area (Å²) in [6.07, 6.45) is 7.13. The second kappa shape index (κ2) is 3.66. The van der Waals surface area contributed by atoms with Gasteiger partial charge in [0.2, 0.25) is 0 Å². The lowest BCUT2D eigenvalue weighted by Gasteiger charge is -1.97. The minimum Gasteiger partial charge on any atom is -0.346 e. The van der Waals surface area contributed by atoms with Crippen molar-refractivity contribution in [3.8, 4) is 0 Å². The van der Waals surface area contributed by atoms with Crippen molar-refractivity contribution < 1.29 is 0 Å². The van der Waals surface area contributed by atoms with Crippen molar-refractivity contribution in [3.63, 3.8) is 0 Å². The summed E-state index contributed by atoms with van der Waals surface area (Å²) >= 11 is 0. The Bertz CT molecular complexity index is 466. The Hall–Kier alpha value is -1.57. The van der Waals surface area contributed by atoms with Gasteiger partial charge in [-0.15, -0.1) is 0 Å². The molecule has 72 valence electrons. The van der Waals surface area contributed by atoms with Crippen molar-refractivity contribution in [2.45, 2.75) is 20.3 Å². The zero-order valence-corrected chi connectivity index (χ0v) is 8.54. The molecule has 0 aliphatic heterocycles. The third-order valence-electron chi connectivity index (χ3n) is 2.39. The van der Waals surface area contributed by atoms with Crippen LogP contribution in [0.5, 0.6) is 0 Å². The third-order valence-corrected chi connectivity index (χ3v) is 2.39. The highest BCUT2D eigenvalue weighted by atomic mass is 14.8. The van der Waals surface area contributed by atoms with E-state index in [1.54, 1.807) is 0 Å². The Labute approximate surface area is 83.7 Å². The molecule has 14 heavy (non-hydrogen) atoms. The van der Waals surface area contributed by atoms with Gasteiger partial charge >= 0.3 is 0 Å². The highest BCUT2D eigenvalue weighted by molar-refractivity contribution is 5.89. The van der Waals surface area contributed by atoms with Crippen molar-refractivity contribution in [3.05, 3.63) is 36.2 Å². The minimum atomic E-state index is 0.964. The van der Waals surface area contributed by atoms with Gasteiger partial charge in [-0.1, -0.05) is 13.0 Å². The predicted molar refractivity (Wildman–Crippen MR) is 60.0 cm³/mol. The second-order valence-electron chi connectivity index (χ2n) is 3.40. The zero-order chi connectivity index (χ0) is 9.97. The summed E-state index contributed by atoms with van der Waals surface area (Å²) in [5.41, 5.74) is 3.54. The molecule has 0 unspecified atom stereocenters. The van der Waals surface area contributed by atoms with Crippen LogP contribution in [0.1, 0.15) is 25.8 Å². The van der Waals surface area contributed by atoms with E-state index in [9.17, 15) is 0 Å². The number of rotatable bonds is 2. The van der Waals surface area contributed by atoms with Gasteiger partial charge < -0.3 is 4.98 Å². The summed E-state index contributed by atoms with van der Waals surface area (Å²) in [5, 5.41) is 1.20. The summed E-state index contributed by atoms with van der Waals surface area (Å²) in [4.78, 5) is 7.44. The maximum absolute atomic E-state index is 4.26. The molecule has 0 radical (unpaired) electrons. The SMILES string of the molecule is CC/C=C(\C)c1c[nH]c2ncccc12. The van der Waals surface area contributed by atoms with Crippen LogP contribution in [0.4, 0.5) is 0 Å². The summed E-state index contributed by atoms with van der Waals surface area (Å²) in [5.74, 6) is 0. The standard InChI is InChI=1S/C12H14N2/c1-3-5-9(2)11-8-14-12-10(11)6-4-7-13-12/h4-8H,3H2,1-2H3,(H,13,14)/b9-5+. The van der Waals surface area contributed by atoms with Crippen molar-refractivity contribution in [2.24, 2.45) is 0 Å². The molecule has 2 aromatic heterocycles. The number of pyridine rings is 1. The van der Waals surface area contributed by atoms with Crippen molar-refractivity contribution >= 4 is 16.6 Å². The molecule has 2 heteroatoms. The molecular formula is C12H14N2. The van der Waals surface area contributed by atoms with Crippen molar-refractivity contribution in [1.29, 1.82) is 0 Å². The molecule has 0 saturated carbocycles. The van der Waals surface area contributed by atoms with Crippen molar-refractivity contribution in [1.82, 2.24) is 9.97 Å². The summed E-state index contributed by atoms with van der Waals surface area (Å²) in [7, 11) is 0. The first-order valence-electron chi connectivity index (χ1n) is 4.92. The lowest BCUT2D eigenvalue weighted by atomic mass is 10.1. The maximum Gasteiger partial charge on any atom is 0.137 e. The Morgan fingerprint density at radius 1 is 1.57 bits per heavy atom. The quantitative estimate of drug-likeness (QED) is 0.765. The van der Waals surface area contributed by atoms with Crippen molar-refractivity contribution in [2.75, 3.05) is 0 Å². The molecule has 0 bridgehead atoms. The Balaban J connectivity index is 2.58. The fourth-order valence-corrected chi connectivity index (χ4v) is 1.70. The molecule has 0 saturated heterocycles. The smallest absolute Gasteiger partial charge is 0.137 e. The average molecular weight is 186 g/mol. The van der Waals surface area contributed by atoms with Gasteiger partial charge in [0.15, 0.2) is 0 Å². The number of hydrogen-bond donors (Lipinski definition) is 1. The van der Waals surface area contributed by atoms with E-state index in [0.717, 1.165) is 12.1 Å². The lowest BCUT2D eigenvalue weighted by molar-refractivity contribution is 1.22. The molecule has 2 heterocycles. The number of allylic oxidation sites excluding steroid dienone is 2. The van der Waals surface area contributed by atoms with Crippen LogP contribution in [0.2, 0.25) is 0 Å². The first-order chi connectivity index (χ1) is 6.83. The largest absolute Gasteiger partial charge is 0.346 e. The molecular weight excluding hydrogens is 172 g/mol. The van der Waals surface area contributed by atoms with Gasteiger partial charge in [-0.25, -0.2) is 4.98 Å². The molecule has 2 rings (SSSR count). The van der Waals surface area contributed by atoms with Gasteiger partial charge in [-0.3, -0.25) is 0 Å². The summed E-state index contributed by atoms with van der Waals surface area (Å²) in [6, 6.07) is 4.07. The number of aromatic nitrogens is 2. The molecule has 0 amide bonds. The number of H-pyrrole nitrogens is 1. The number of nitrogens with zero attached hydrogens (tertiary/aromatic N) is 1. The highest BCUT2D eigenvalue weighted by Crippen LogP contribution is 2.23. The van der Waals surface area contributed by atoms with E-state index in [0.29, 0.717) is 0 Å². The molecule has 0 fully saturated rings. The number of fused-ring (bicyclic) bond motifs is 1. The van der Waals surface area contributed by atoms with Crippen LogP contribution in [-0.4, -0.2) is 9.97 Å². The summed E-state index contributed by atoms with van der Waals surface area (Å²) < 4.78 is 0. The van der Waals surface area contributed by atoms with Gasteiger partial charge in [0.25, 0.3) is 0 Å². The van der Waals surface area contributed by atoms with Gasteiger partial charge in [0, 0.05) is 23.3 Å². The van der Waals surface area contributed by atoms with E-state index in [1.807, 2.05) is 18.5 Å². The Morgan fingerprint density at radius 2 is 2.43 bits per heavy atom. The first kappa shape index (κ1) is 9.00. The van der Waals surface area contributed by atoms with Crippen LogP contribution in [0.15, 0.2) is 30.6 Å². The van der Waals surface area contributed by atoms with Gasteiger partial charge in [-0.05, 0) is 31.1 Å². The fourth-order valence-electron chi connectivity index (χ4n) is 1.70. The van der Waals surface area contributed by atoms with E-state index in [-0.39, 0.29) is 0 Å². The second-order valence-corrected chi connectivity index (χ2v) is 3.40. The molecule has 0 aromatic carbocycles. The first-order valence-corrected chi connectivity index (χ1v) is 4.92. The fraction of sp³-hybridized carbons (Fsp3) is 0.250. The van der Waals surface area contributed by atoms with E-state index in [2.05, 4.69) is 36.0 Å². The van der Waals surface area contributed by atoms with Crippen LogP contribution in [-0.2, 0) is 0 Å². The van der Waals surface area contributed by atoms with Gasteiger partial charge in [-0.2, -0.15) is 0 Å². The van der Waals surface area contributed by atoms with Crippen LogP contribution in [0, 0.1) is 0 Å². The number of hydrogen-bond acceptors (Lipinski definition) is 1. The van der Waals surface area contributed by atoms with E-state index >= 15 is 0 Å². The number of aromatic amines is 1. The maximum atomic E-state index is 4.26. The van der Waals surface area contributed by atoms with Gasteiger partial charge in [0.1, 0.15) is 5.65 Å². The molecule has 0 aliphatic carbocycles. The molecule has 0 spiro atoms. The average Bonchev–Trinajstić information content (AvgIpc) is 2.61. The Kier molecular flexibility index (Phi) is 2.35. The molecule has 0 atom stereocenters. The van der Waals surface area contributed by atoms with Crippen LogP contribution in [0.3, 0.4) is 0 Å². The molecule has 2 nitrogen and oxygen atoms in total. The van der Waals surface area contributed by atoms with Crippen LogP contribution in [0.25, 0.3) is 16.6 Å². The van der Waals surface area contributed by atoms with Crippen LogP contribution < -0.4 is 0 Å². The Morgan fingerprint density at radius 3 is 3.21 bits per heavy atom. The third kappa shape index (κ3) is 1.43. The highest BCUT2D eigenvalue weighted by Gasteiger charge is 2.03. The van der Waals surface area contributed by atoms with E-state index in [4.69, 9.17) is 0 Å². The van der Waals surface area contributed by atoms with Gasteiger partial charge in [0.05, 0.1) is 0 Å². The van der Waals surface area contributed by atoms with E-state index < -0.39 is 0 Å². The normalized spacial score (nSPS) is 12.3. The predicted octanol–water partition coefficient (Wildman–Crippen LogP) is 3.38.